The molecular weight excluding hydrogens is 452 g/mol. The predicted molar refractivity (Wildman–Crippen MR) is 146 cm³/mol. The molecule has 1 aromatic heterocycles. The number of anilines is 4. The molecule has 0 aliphatic heterocycles. The summed E-state index contributed by atoms with van der Waals surface area (Å²) in [6.45, 7) is 5.03. The van der Waals surface area contributed by atoms with Crippen molar-refractivity contribution in [1.29, 1.82) is 0 Å². The van der Waals surface area contributed by atoms with Crippen molar-refractivity contribution >= 4 is 45.5 Å². The number of benzene rings is 3. The molecule has 0 spiro atoms. The number of aromatic nitrogens is 2. The average molecular weight is 486 g/mol. The van der Waals surface area contributed by atoms with Crippen LogP contribution in [0.3, 0.4) is 0 Å². The van der Waals surface area contributed by atoms with Crippen molar-refractivity contribution in [2.24, 2.45) is 19.2 Å². The summed E-state index contributed by atoms with van der Waals surface area (Å²) in [5, 5.41) is 13.1. The first kappa shape index (κ1) is 24.8. The molecule has 8 nitrogen and oxygen atoms in total. The van der Waals surface area contributed by atoms with E-state index in [0.717, 1.165) is 40.3 Å². The van der Waals surface area contributed by atoms with Crippen LogP contribution in [0, 0.1) is 0 Å². The fourth-order valence-electron chi connectivity index (χ4n) is 4.19. The lowest BCUT2D eigenvalue weighted by Gasteiger charge is -2.16. The summed E-state index contributed by atoms with van der Waals surface area (Å²) in [4.78, 5) is 13.0. The Kier molecular flexibility index (Phi) is 7.53. The van der Waals surface area contributed by atoms with Crippen LogP contribution in [-0.2, 0) is 23.6 Å². The van der Waals surface area contributed by atoms with Gasteiger partial charge in [-0.1, -0.05) is 12.1 Å². The van der Waals surface area contributed by atoms with Gasteiger partial charge in [-0.3, -0.25) is 5.01 Å². The van der Waals surface area contributed by atoms with Gasteiger partial charge in [0.2, 0.25) is 0 Å². The van der Waals surface area contributed by atoms with E-state index in [1.807, 2.05) is 103 Å². The van der Waals surface area contributed by atoms with Gasteiger partial charge in [-0.25, -0.2) is 13.9 Å². The summed E-state index contributed by atoms with van der Waals surface area (Å²) in [6.07, 6.45) is 0. The van der Waals surface area contributed by atoms with E-state index in [9.17, 15) is 4.79 Å². The Morgan fingerprint density at radius 1 is 0.972 bits per heavy atom. The number of hydrogen-bond acceptors (Lipinski definition) is 6. The van der Waals surface area contributed by atoms with Crippen molar-refractivity contribution in [2.75, 3.05) is 35.8 Å². The molecule has 0 saturated heterocycles. The van der Waals surface area contributed by atoms with Crippen LogP contribution in [0.1, 0.15) is 19.7 Å². The largest absolute Gasteiger partial charge is 0.461 e. The van der Waals surface area contributed by atoms with Gasteiger partial charge in [0.1, 0.15) is 0 Å². The molecule has 186 valence electrons. The molecule has 0 atom stereocenters. The third-order valence-corrected chi connectivity index (χ3v) is 5.97. The fourth-order valence-corrected chi connectivity index (χ4v) is 4.19. The van der Waals surface area contributed by atoms with Crippen molar-refractivity contribution in [1.82, 2.24) is 4.57 Å². The van der Waals surface area contributed by atoms with Crippen LogP contribution in [0.25, 0.3) is 11.0 Å². The number of fused-ring (bicyclic) bond motifs is 1. The highest BCUT2D eigenvalue weighted by molar-refractivity contribution is 6.42. The van der Waals surface area contributed by atoms with Crippen LogP contribution in [0.15, 0.2) is 77.9 Å². The maximum Gasteiger partial charge on any atom is 0.367 e. The zero-order chi connectivity index (χ0) is 25.7. The van der Waals surface area contributed by atoms with Gasteiger partial charge in [-0.15, -0.1) is 0 Å². The van der Waals surface area contributed by atoms with Crippen molar-refractivity contribution < 1.29 is 14.1 Å². The first-order chi connectivity index (χ1) is 17.4. The van der Waals surface area contributed by atoms with Crippen LogP contribution < -0.4 is 20.2 Å². The lowest BCUT2D eigenvalue weighted by molar-refractivity contribution is -0.646. The highest BCUT2D eigenvalue weighted by atomic mass is 16.5. The van der Waals surface area contributed by atoms with Crippen LogP contribution in [0.4, 0.5) is 22.7 Å². The molecule has 1 heterocycles. The second-order valence-electron chi connectivity index (χ2n) is 8.40. The summed E-state index contributed by atoms with van der Waals surface area (Å²) >= 11 is 0. The van der Waals surface area contributed by atoms with Gasteiger partial charge in [0, 0.05) is 30.7 Å². The minimum Gasteiger partial charge on any atom is -0.461 e. The zero-order valence-electron chi connectivity index (χ0n) is 21.4. The second-order valence-corrected chi connectivity index (χ2v) is 8.40. The van der Waals surface area contributed by atoms with Crippen molar-refractivity contribution in [3.05, 3.63) is 78.6 Å². The second kappa shape index (κ2) is 10.9. The van der Waals surface area contributed by atoms with Crippen molar-refractivity contribution in [3.63, 3.8) is 0 Å². The van der Waals surface area contributed by atoms with Gasteiger partial charge in [0.05, 0.1) is 26.4 Å². The van der Waals surface area contributed by atoms with Gasteiger partial charge in [0.25, 0.3) is 5.71 Å². The number of nitrogens with one attached hydrogen (secondary N) is 2. The van der Waals surface area contributed by atoms with E-state index in [1.165, 1.54) is 0 Å². The van der Waals surface area contributed by atoms with Gasteiger partial charge in [0.15, 0.2) is 11.0 Å². The number of carbonyl (C=O) groups excluding carboxylic acids is 1. The molecule has 0 bridgehead atoms. The van der Waals surface area contributed by atoms with Crippen LogP contribution >= 0.6 is 0 Å². The molecular formula is C28H33N6O2+. The Bertz CT molecular complexity index is 1330. The molecule has 36 heavy (non-hydrogen) atoms. The molecule has 8 heteroatoms. The summed E-state index contributed by atoms with van der Waals surface area (Å²) in [5.74, 6) is 0.200. The third-order valence-electron chi connectivity index (χ3n) is 5.97. The van der Waals surface area contributed by atoms with E-state index in [0.29, 0.717) is 5.82 Å². The number of ether oxygens (including phenoxy) is 1. The van der Waals surface area contributed by atoms with Crippen LogP contribution in [0.2, 0.25) is 0 Å². The van der Waals surface area contributed by atoms with E-state index in [-0.39, 0.29) is 12.3 Å². The number of imidazole rings is 1. The lowest BCUT2D eigenvalue weighted by atomic mass is 10.2. The average Bonchev–Trinajstić information content (AvgIpc) is 3.14. The minimum atomic E-state index is -0.467. The Labute approximate surface area is 211 Å². The minimum absolute atomic E-state index is 0.239. The maximum atomic E-state index is 13.0. The number of nitrogens with zero attached hydrogens (tertiary/aromatic N) is 4. The molecule has 4 rings (SSSR count). The summed E-state index contributed by atoms with van der Waals surface area (Å²) in [5.41, 5.74) is 6.14. The molecule has 0 unspecified atom stereocenters. The number of hydrazone groups is 1. The first-order valence-electron chi connectivity index (χ1n) is 12.1. The van der Waals surface area contributed by atoms with Crippen LogP contribution in [-0.4, -0.2) is 36.4 Å². The van der Waals surface area contributed by atoms with Gasteiger partial charge >= 0.3 is 11.8 Å². The van der Waals surface area contributed by atoms with Gasteiger partial charge < -0.3 is 15.4 Å². The Hall–Kier alpha value is -4.33. The summed E-state index contributed by atoms with van der Waals surface area (Å²) in [6, 6.07) is 24.1. The highest BCUT2D eigenvalue weighted by Gasteiger charge is 2.31. The quantitative estimate of drug-likeness (QED) is 0.157. The highest BCUT2D eigenvalue weighted by Crippen LogP contribution is 2.23. The molecule has 0 aliphatic rings. The number of para-hydroxylation sites is 2. The topological polar surface area (TPSA) is 74.8 Å². The Morgan fingerprint density at radius 2 is 1.58 bits per heavy atom. The number of rotatable bonds is 9. The fraction of sp³-hybridized carbons (Fsp3) is 0.250. The third kappa shape index (κ3) is 5.17. The van der Waals surface area contributed by atoms with Gasteiger partial charge in [-0.05, 0) is 74.5 Å². The predicted octanol–water partition coefficient (Wildman–Crippen LogP) is 4.58. The zero-order valence-corrected chi connectivity index (χ0v) is 21.4. The lowest BCUT2D eigenvalue weighted by Crippen LogP contribution is -2.40. The Morgan fingerprint density at radius 3 is 2.19 bits per heavy atom. The van der Waals surface area contributed by atoms with Crippen molar-refractivity contribution in [3.8, 4) is 0 Å². The molecule has 2 N–H and O–H groups in total. The Balaban J connectivity index is 1.60. The van der Waals surface area contributed by atoms with E-state index >= 15 is 0 Å². The molecule has 3 aromatic carbocycles. The first-order valence-corrected chi connectivity index (χ1v) is 12.1. The van der Waals surface area contributed by atoms with Gasteiger partial charge in [-0.2, -0.15) is 5.10 Å². The number of carbonyl (C=O) groups is 1. The monoisotopic (exact) mass is 485 g/mol. The van der Waals surface area contributed by atoms with E-state index in [2.05, 4.69) is 17.6 Å². The summed E-state index contributed by atoms with van der Waals surface area (Å²) in [7, 11) is 5.68. The molecule has 0 amide bonds. The summed E-state index contributed by atoms with van der Waals surface area (Å²) < 4.78 is 9.30. The SMILES string of the molecule is CCNc1ccc(Nc2ccc(N(C)/N=C(\C(=O)OCC)c3n(C)c4ccccc4[n+]3C)cc2)cc1. The molecule has 4 aromatic rings. The molecule has 0 aliphatic carbocycles. The van der Waals surface area contributed by atoms with E-state index in [4.69, 9.17) is 9.84 Å². The maximum absolute atomic E-state index is 13.0. The smallest absolute Gasteiger partial charge is 0.367 e. The van der Waals surface area contributed by atoms with E-state index < -0.39 is 5.97 Å². The normalized spacial score (nSPS) is 11.4. The van der Waals surface area contributed by atoms with Crippen LogP contribution in [0.5, 0.6) is 0 Å². The van der Waals surface area contributed by atoms with Crippen molar-refractivity contribution in [2.45, 2.75) is 13.8 Å². The molecule has 0 saturated carbocycles. The number of hydrogen-bond donors (Lipinski definition) is 2. The number of esters is 1. The molecule has 0 fully saturated rings. The molecule has 0 radical (unpaired) electrons. The number of aryl methyl sites for hydroxylation is 2. The van der Waals surface area contributed by atoms with E-state index in [1.54, 1.807) is 11.9 Å². The standard InChI is InChI=1S/C28H32N6O2/c1-6-29-20-12-14-21(15-13-20)30-22-16-18-23(19-17-22)34(5)31-26(28(35)36-7-2)27-32(3)24-10-8-9-11-25(24)33(27)4/h8-19,31H,6-7H2,1-5H3/p+1.